The molecule has 3 aromatic rings. The average molecular weight is 515 g/mol. The third-order valence-electron chi connectivity index (χ3n) is 7.44. The van der Waals surface area contributed by atoms with Crippen molar-refractivity contribution >= 4 is 22.5 Å². The Kier molecular flexibility index (Phi) is 6.70. The van der Waals surface area contributed by atoms with Gasteiger partial charge in [0, 0.05) is 36.3 Å². The van der Waals surface area contributed by atoms with Crippen molar-refractivity contribution in [2.45, 2.75) is 38.9 Å². The average Bonchev–Trinajstić information content (AvgIpc) is 2.82. The molecule has 10 heteroatoms. The number of piperidine rings is 1. The van der Waals surface area contributed by atoms with E-state index in [1.54, 1.807) is 31.2 Å². The van der Waals surface area contributed by atoms with Gasteiger partial charge in [0.15, 0.2) is 0 Å². The van der Waals surface area contributed by atoms with Gasteiger partial charge >= 0.3 is 6.18 Å². The Bertz CT molecular complexity index is 1360. The standard InChI is InChI=1S/C27H29F3N4O3/c1-15(21-11-22-24(12-23(21)27(28,29)30)32-16(2)33-25(22)35)31-20-5-3-18(4-6-20)26(36)34-9-7-17(8-10-34)19-13-37-14-19/h3-6,11-12,15,17,19,31H,7-10,13-14H2,1-2H3,(H,32,33,35). The molecule has 2 aliphatic heterocycles. The van der Waals surface area contributed by atoms with E-state index >= 15 is 0 Å². The molecule has 1 unspecified atom stereocenters. The first-order valence-corrected chi connectivity index (χ1v) is 12.5. The van der Waals surface area contributed by atoms with Crippen molar-refractivity contribution in [3.05, 3.63) is 69.3 Å². The Hall–Kier alpha value is -3.40. The number of anilines is 1. The molecule has 2 aromatic carbocycles. The van der Waals surface area contributed by atoms with Crippen LogP contribution in [0.3, 0.4) is 0 Å². The van der Waals surface area contributed by atoms with Gasteiger partial charge in [-0.2, -0.15) is 13.2 Å². The number of ether oxygens (including phenoxy) is 1. The molecule has 1 amide bonds. The lowest BCUT2D eigenvalue weighted by Crippen LogP contribution is -2.44. The van der Waals surface area contributed by atoms with Gasteiger partial charge in [-0.1, -0.05) is 0 Å². The third-order valence-corrected chi connectivity index (χ3v) is 7.44. The molecule has 1 atom stereocenters. The Morgan fingerprint density at radius 3 is 2.41 bits per heavy atom. The van der Waals surface area contributed by atoms with Crippen molar-refractivity contribution in [2.75, 3.05) is 31.6 Å². The molecule has 0 radical (unpaired) electrons. The molecule has 7 nitrogen and oxygen atoms in total. The predicted octanol–water partition coefficient (Wildman–Crippen LogP) is 4.92. The Labute approximate surface area is 212 Å². The van der Waals surface area contributed by atoms with E-state index in [9.17, 15) is 22.8 Å². The summed E-state index contributed by atoms with van der Waals surface area (Å²) in [4.78, 5) is 33.8. The first-order chi connectivity index (χ1) is 17.6. The van der Waals surface area contributed by atoms with Crippen LogP contribution in [0, 0.1) is 18.8 Å². The van der Waals surface area contributed by atoms with E-state index in [4.69, 9.17) is 4.74 Å². The summed E-state index contributed by atoms with van der Waals surface area (Å²) in [5.74, 6) is 1.43. The maximum atomic E-state index is 13.9. The number of aryl methyl sites for hydroxylation is 1. The van der Waals surface area contributed by atoms with Crippen LogP contribution in [-0.2, 0) is 10.9 Å². The molecule has 2 fully saturated rings. The van der Waals surface area contributed by atoms with Gasteiger partial charge in [-0.05, 0) is 74.6 Å². The molecule has 0 saturated carbocycles. The molecule has 0 spiro atoms. The summed E-state index contributed by atoms with van der Waals surface area (Å²) in [6, 6.07) is 8.16. The van der Waals surface area contributed by atoms with E-state index in [1.807, 2.05) is 4.90 Å². The molecular weight excluding hydrogens is 485 g/mol. The van der Waals surface area contributed by atoms with E-state index < -0.39 is 23.3 Å². The number of likely N-dealkylation sites (tertiary alicyclic amines) is 1. The van der Waals surface area contributed by atoms with Gasteiger partial charge < -0.3 is 19.9 Å². The minimum absolute atomic E-state index is 0.00237. The molecule has 2 aliphatic rings. The third kappa shape index (κ3) is 5.20. The number of benzene rings is 2. The lowest BCUT2D eigenvalue weighted by molar-refractivity contribution is -0.138. The fraction of sp³-hybridized carbons (Fsp3) is 0.444. The number of hydrogen-bond acceptors (Lipinski definition) is 5. The smallest absolute Gasteiger partial charge is 0.381 e. The predicted molar refractivity (Wildman–Crippen MR) is 134 cm³/mol. The topological polar surface area (TPSA) is 87.3 Å². The van der Waals surface area contributed by atoms with Crippen LogP contribution in [0.5, 0.6) is 0 Å². The maximum absolute atomic E-state index is 13.9. The second-order valence-corrected chi connectivity index (χ2v) is 9.98. The van der Waals surface area contributed by atoms with Crippen molar-refractivity contribution in [3.8, 4) is 0 Å². The number of halogens is 3. The number of carbonyl (C=O) groups is 1. The van der Waals surface area contributed by atoms with Crippen LogP contribution >= 0.6 is 0 Å². The molecule has 1 aromatic heterocycles. The van der Waals surface area contributed by atoms with Crippen LogP contribution < -0.4 is 10.9 Å². The second-order valence-electron chi connectivity index (χ2n) is 9.98. The maximum Gasteiger partial charge on any atom is 0.416 e. The minimum Gasteiger partial charge on any atom is -0.381 e. The summed E-state index contributed by atoms with van der Waals surface area (Å²) in [7, 11) is 0. The summed E-state index contributed by atoms with van der Waals surface area (Å²) < 4.78 is 47.0. The Morgan fingerprint density at radius 1 is 1.14 bits per heavy atom. The summed E-state index contributed by atoms with van der Waals surface area (Å²) in [5, 5.41) is 3.17. The van der Waals surface area contributed by atoms with Gasteiger partial charge in [0.1, 0.15) is 5.82 Å². The molecular formula is C27H29F3N4O3. The molecule has 5 rings (SSSR count). The summed E-state index contributed by atoms with van der Waals surface area (Å²) in [6.07, 6.45) is -2.67. The first-order valence-electron chi connectivity index (χ1n) is 12.5. The lowest BCUT2D eigenvalue weighted by atomic mass is 9.83. The Balaban J connectivity index is 1.31. The number of carbonyl (C=O) groups excluding carboxylic acids is 1. The van der Waals surface area contributed by atoms with E-state index in [-0.39, 0.29) is 28.2 Å². The Morgan fingerprint density at radius 2 is 1.81 bits per heavy atom. The highest BCUT2D eigenvalue weighted by Crippen LogP contribution is 2.37. The fourth-order valence-corrected chi connectivity index (χ4v) is 5.24. The summed E-state index contributed by atoms with van der Waals surface area (Å²) >= 11 is 0. The highest BCUT2D eigenvalue weighted by molar-refractivity contribution is 5.94. The van der Waals surface area contributed by atoms with E-state index in [0.29, 0.717) is 36.2 Å². The number of fused-ring (bicyclic) bond motifs is 1. The molecule has 2 N–H and O–H groups in total. The largest absolute Gasteiger partial charge is 0.416 e. The number of alkyl halides is 3. The molecule has 37 heavy (non-hydrogen) atoms. The monoisotopic (exact) mass is 514 g/mol. The zero-order valence-corrected chi connectivity index (χ0v) is 20.7. The molecule has 0 aliphatic carbocycles. The first kappa shape index (κ1) is 25.3. The number of H-pyrrole nitrogens is 1. The van der Waals surface area contributed by atoms with Gasteiger partial charge in [-0.25, -0.2) is 4.98 Å². The van der Waals surface area contributed by atoms with Crippen LogP contribution in [0.4, 0.5) is 18.9 Å². The van der Waals surface area contributed by atoms with Crippen LogP contribution in [0.1, 0.15) is 53.1 Å². The number of rotatable bonds is 5. The zero-order chi connectivity index (χ0) is 26.3. The number of hydrogen-bond donors (Lipinski definition) is 2. The summed E-state index contributed by atoms with van der Waals surface area (Å²) in [6.45, 7) is 6.19. The van der Waals surface area contributed by atoms with E-state index in [1.165, 1.54) is 13.0 Å². The van der Waals surface area contributed by atoms with Crippen molar-refractivity contribution in [1.29, 1.82) is 0 Å². The van der Waals surface area contributed by atoms with Crippen LogP contribution in [-0.4, -0.2) is 47.1 Å². The molecule has 3 heterocycles. The number of nitrogens with zero attached hydrogens (tertiary/aromatic N) is 2. The van der Waals surface area contributed by atoms with Gasteiger partial charge in [0.2, 0.25) is 0 Å². The van der Waals surface area contributed by atoms with Crippen molar-refractivity contribution in [2.24, 2.45) is 11.8 Å². The van der Waals surface area contributed by atoms with E-state index in [0.717, 1.165) is 32.1 Å². The van der Waals surface area contributed by atoms with Crippen molar-refractivity contribution in [3.63, 3.8) is 0 Å². The van der Waals surface area contributed by atoms with Gasteiger partial charge in [-0.15, -0.1) is 0 Å². The van der Waals surface area contributed by atoms with E-state index in [2.05, 4.69) is 15.3 Å². The molecule has 196 valence electrons. The lowest BCUT2D eigenvalue weighted by Gasteiger charge is -2.39. The number of amides is 1. The van der Waals surface area contributed by atoms with Crippen LogP contribution in [0.25, 0.3) is 10.9 Å². The van der Waals surface area contributed by atoms with Crippen molar-refractivity contribution in [1.82, 2.24) is 14.9 Å². The number of aromatic nitrogens is 2. The van der Waals surface area contributed by atoms with Gasteiger partial charge in [0.05, 0.1) is 29.7 Å². The summed E-state index contributed by atoms with van der Waals surface area (Å²) in [5.41, 5.74) is -0.289. The number of aromatic amines is 1. The quantitative estimate of drug-likeness (QED) is 0.505. The molecule has 2 saturated heterocycles. The van der Waals surface area contributed by atoms with Gasteiger partial charge in [0.25, 0.3) is 11.5 Å². The second kappa shape index (κ2) is 9.81. The fourth-order valence-electron chi connectivity index (χ4n) is 5.24. The zero-order valence-electron chi connectivity index (χ0n) is 20.7. The SMILES string of the molecule is Cc1nc2cc(C(F)(F)F)c(C(C)Nc3ccc(C(=O)N4CCC(C5COC5)CC4)cc3)cc2c(=O)[nH]1. The van der Waals surface area contributed by atoms with Crippen LogP contribution in [0.15, 0.2) is 41.2 Å². The van der Waals surface area contributed by atoms with Gasteiger partial charge in [-0.3, -0.25) is 9.59 Å². The highest BCUT2D eigenvalue weighted by Gasteiger charge is 2.36. The highest BCUT2D eigenvalue weighted by atomic mass is 19.4. The number of nitrogens with one attached hydrogen (secondary N) is 2. The normalized spacial score (nSPS) is 18.0. The minimum atomic E-state index is -4.62. The van der Waals surface area contributed by atoms with Crippen molar-refractivity contribution < 1.29 is 22.7 Å². The van der Waals surface area contributed by atoms with Crippen LogP contribution in [0.2, 0.25) is 0 Å². The molecule has 0 bridgehead atoms.